The number of benzene rings is 1. The Morgan fingerprint density at radius 2 is 2.21 bits per heavy atom. The van der Waals surface area contributed by atoms with Gasteiger partial charge in [-0.25, -0.2) is 0 Å². The van der Waals surface area contributed by atoms with Crippen LogP contribution in [-0.4, -0.2) is 29.9 Å². The van der Waals surface area contributed by atoms with Gasteiger partial charge in [-0.05, 0) is 30.9 Å². The number of nitrogens with zero attached hydrogens (tertiary/aromatic N) is 1. The molecule has 0 aliphatic carbocycles. The van der Waals surface area contributed by atoms with E-state index in [-0.39, 0.29) is 11.9 Å². The van der Waals surface area contributed by atoms with Gasteiger partial charge in [-0.2, -0.15) is 0 Å². The summed E-state index contributed by atoms with van der Waals surface area (Å²) in [6.45, 7) is 1.37. The fourth-order valence-corrected chi connectivity index (χ4v) is 2.95. The van der Waals surface area contributed by atoms with Crippen LogP contribution in [0, 0.1) is 0 Å². The number of aryl methyl sites for hydroxylation is 1. The number of halogens is 2. The fourth-order valence-electron chi connectivity index (χ4n) is 2.54. The van der Waals surface area contributed by atoms with Crippen molar-refractivity contribution in [3.05, 3.63) is 33.8 Å². The van der Waals surface area contributed by atoms with E-state index < -0.39 is 0 Å². The molecule has 0 spiro atoms. The number of rotatable bonds is 4. The molecule has 3 nitrogen and oxygen atoms in total. The van der Waals surface area contributed by atoms with Crippen molar-refractivity contribution < 1.29 is 4.79 Å². The number of nitrogens with two attached hydrogens (primary N) is 1. The first-order valence-corrected chi connectivity index (χ1v) is 7.31. The number of amides is 1. The van der Waals surface area contributed by atoms with Gasteiger partial charge >= 0.3 is 0 Å². The lowest BCUT2D eigenvalue weighted by molar-refractivity contribution is -0.131. The molecule has 0 saturated carbocycles. The van der Waals surface area contributed by atoms with Gasteiger partial charge in [0.1, 0.15) is 0 Å². The molecule has 1 fully saturated rings. The van der Waals surface area contributed by atoms with Crippen molar-refractivity contribution in [3.63, 3.8) is 0 Å². The van der Waals surface area contributed by atoms with Crippen molar-refractivity contribution >= 4 is 29.1 Å². The minimum Gasteiger partial charge on any atom is -0.338 e. The average Bonchev–Trinajstić information content (AvgIpc) is 2.88. The molecule has 1 aliphatic heterocycles. The molecule has 19 heavy (non-hydrogen) atoms. The molecule has 1 saturated heterocycles. The Bertz CT molecular complexity index is 465. The third-order valence-corrected chi connectivity index (χ3v) is 4.47. The maximum atomic E-state index is 12.2. The fraction of sp³-hybridized carbons (Fsp3) is 0.500. The number of carbonyl (C=O) groups excluding carboxylic acids is 1. The molecule has 104 valence electrons. The Morgan fingerprint density at radius 3 is 2.95 bits per heavy atom. The first kappa shape index (κ1) is 14.6. The standard InChI is InChI=1S/C14H18Cl2N2O/c15-12-5-1-3-10(14(12)16)6-7-13(19)18-8-2-4-11(18)9-17/h1,3,5,11H,2,4,6-9,17H2/t11-/m0/s1. The highest BCUT2D eigenvalue weighted by Crippen LogP contribution is 2.27. The number of hydrogen-bond donors (Lipinski definition) is 1. The smallest absolute Gasteiger partial charge is 0.223 e. The summed E-state index contributed by atoms with van der Waals surface area (Å²) in [6.07, 6.45) is 3.13. The zero-order valence-corrected chi connectivity index (χ0v) is 12.3. The maximum absolute atomic E-state index is 12.2. The van der Waals surface area contributed by atoms with Crippen LogP contribution in [0.2, 0.25) is 10.0 Å². The van der Waals surface area contributed by atoms with E-state index in [1.165, 1.54) is 0 Å². The SMILES string of the molecule is NC[C@@H]1CCCN1C(=O)CCc1cccc(Cl)c1Cl. The second-order valence-corrected chi connectivity index (χ2v) is 5.62. The molecule has 1 heterocycles. The summed E-state index contributed by atoms with van der Waals surface area (Å²) in [6, 6.07) is 5.72. The Labute approximate surface area is 123 Å². The maximum Gasteiger partial charge on any atom is 0.223 e. The van der Waals surface area contributed by atoms with E-state index >= 15 is 0 Å². The van der Waals surface area contributed by atoms with Gasteiger partial charge in [0.2, 0.25) is 5.91 Å². The topological polar surface area (TPSA) is 46.3 Å². The summed E-state index contributed by atoms with van der Waals surface area (Å²) in [5, 5.41) is 1.08. The van der Waals surface area contributed by atoms with Crippen LogP contribution in [0.5, 0.6) is 0 Å². The molecule has 1 amide bonds. The number of carbonyl (C=O) groups is 1. The van der Waals surface area contributed by atoms with Crippen molar-refractivity contribution in [2.45, 2.75) is 31.7 Å². The summed E-state index contributed by atoms with van der Waals surface area (Å²) in [4.78, 5) is 14.1. The number of likely N-dealkylation sites (tertiary alicyclic amines) is 1. The Balaban J connectivity index is 1.95. The van der Waals surface area contributed by atoms with Crippen LogP contribution in [-0.2, 0) is 11.2 Å². The Hall–Kier alpha value is -0.770. The van der Waals surface area contributed by atoms with E-state index in [0.717, 1.165) is 24.9 Å². The first-order valence-electron chi connectivity index (χ1n) is 6.56. The average molecular weight is 301 g/mol. The summed E-state index contributed by atoms with van der Waals surface area (Å²) in [7, 11) is 0. The Morgan fingerprint density at radius 1 is 1.42 bits per heavy atom. The minimum atomic E-state index is 0.156. The lowest BCUT2D eigenvalue weighted by Gasteiger charge is -2.23. The van der Waals surface area contributed by atoms with Crippen LogP contribution in [0.3, 0.4) is 0 Å². The van der Waals surface area contributed by atoms with E-state index in [2.05, 4.69) is 0 Å². The van der Waals surface area contributed by atoms with Gasteiger partial charge in [-0.3, -0.25) is 4.79 Å². The highest BCUT2D eigenvalue weighted by molar-refractivity contribution is 6.42. The molecule has 0 unspecified atom stereocenters. The predicted molar refractivity (Wildman–Crippen MR) is 78.6 cm³/mol. The molecule has 0 aromatic heterocycles. The van der Waals surface area contributed by atoms with Gasteiger partial charge in [0, 0.05) is 25.6 Å². The van der Waals surface area contributed by atoms with Crippen molar-refractivity contribution in [2.75, 3.05) is 13.1 Å². The predicted octanol–water partition coefficient (Wildman–Crippen LogP) is 2.88. The lowest BCUT2D eigenvalue weighted by Crippen LogP contribution is -2.40. The monoisotopic (exact) mass is 300 g/mol. The molecular formula is C14H18Cl2N2O. The van der Waals surface area contributed by atoms with Gasteiger partial charge in [0.05, 0.1) is 10.0 Å². The van der Waals surface area contributed by atoms with E-state index in [1.54, 1.807) is 6.07 Å². The lowest BCUT2D eigenvalue weighted by atomic mass is 10.1. The van der Waals surface area contributed by atoms with Crippen LogP contribution < -0.4 is 5.73 Å². The van der Waals surface area contributed by atoms with Crippen LogP contribution >= 0.6 is 23.2 Å². The van der Waals surface area contributed by atoms with E-state index in [9.17, 15) is 4.79 Å². The summed E-state index contributed by atoms with van der Waals surface area (Å²) in [5.41, 5.74) is 6.60. The molecule has 0 radical (unpaired) electrons. The molecule has 1 aromatic rings. The molecule has 1 aromatic carbocycles. The third kappa shape index (κ3) is 3.41. The van der Waals surface area contributed by atoms with Crippen molar-refractivity contribution in [3.8, 4) is 0 Å². The molecule has 2 rings (SSSR count). The second-order valence-electron chi connectivity index (χ2n) is 4.83. The minimum absolute atomic E-state index is 0.156. The van der Waals surface area contributed by atoms with Gasteiger partial charge in [0.25, 0.3) is 0 Å². The van der Waals surface area contributed by atoms with Crippen LogP contribution in [0.4, 0.5) is 0 Å². The normalized spacial score (nSPS) is 18.9. The zero-order chi connectivity index (χ0) is 13.8. The molecule has 1 aliphatic rings. The van der Waals surface area contributed by atoms with Gasteiger partial charge in [-0.15, -0.1) is 0 Å². The molecule has 1 atom stereocenters. The summed E-state index contributed by atoms with van der Waals surface area (Å²) < 4.78 is 0. The van der Waals surface area contributed by atoms with Crippen molar-refractivity contribution in [2.24, 2.45) is 5.73 Å². The third-order valence-electron chi connectivity index (χ3n) is 3.61. The zero-order valence-electron chi connectivity index (χ0n) is 10.7. The quantitative estimate of drug-likeness (QED) is 0.929. The molecule has 2 N–H and O–H groups in total. The highest BCUT2D eigenvalue weighted by atomic mass is 35.5. The van der Waals surface area contributed by atoms with Crippen molar-refractivity contribution in [1.29, 1.82) is 0 Å². The second kappa shape index (κ2) is 6.60. The summed E-state index contributed by atoms with van der Waals surface area (Å²) >= 11 is 12.1. The van der Waals surface area contributed by atoms with Gasteiger partial charge in [0.15, 0.2) is 0 Å². The van der Waals surface area contributed by atoms with Crippen LogP contribution in [0.15, 0.2) is 18.2 Å². The molecular weight excluding hydrogens is 283 g/mol. The van der Waals surface area contributed by atoms with Crippen molar-refractivity contribution in [1.82, 2.24) is 4.90 Å². The number of hydrogen-bond acceptors (Lipinski definition) is 2. The summed E-state index contributed by atoms with van der Waals surface area (Å²) in [5.74, 6) is 0.156. The highest BCUT2D eigenvalue weighted by Gasteiger charge is 2.27. The van der Waals surface area contributed by atoms with Crippen LogP contribution in [0.1, 0.15) is 24.8 Å². The molecule has 0 bridgehead atoms. The van der Waals surface area contributed by atoms with E-state index in [1.807, 2.05) is 17.0 Å². The van der Waals surface area contributed by atoms with Gasteiger partial charge in [-0.1, -0.05) is 35.3 Å². The first-order chi connectivity index (χ1) is 9.13. The van der Waals surface area contributed by atoms with Gasteiger partial charge < -0.3 is 10.6 Å². The largest absolute Gasteiger partial charge is 0.338 e. The molecule has 5 heteroatoms. The van der Waals surface area contributed by atoms with E-state index in [4.69, 9.17) is 28.9 Å². The van der Waals surface area contributed by atoms with Crippen LogP contribution in [0.25, 0.3) is 0 Å². The van der Waals surface area contributed by atoms with E-state index in [0.29, 0.717) is 29.4 Å². The Kier molecular flexibility index (Phi) is 5.08.